The Morgan fingerprint density at radius 3 is 2.65 bits per heavy atom. The number of fused-ring (bicyclic) bond motifs is 1. The van der Waals surface area contributed by atoms with Crippen LogP contribution >= 0.6 is 15.9 Å². The summed E-state index contributed by atoms with van der Waals surface area (Å²) in [6, 6.07) is 8.33. The minimum absolute atomic E-state index is 0.0685. The van der Waals surface area contributed by atoms with Gasteiger partial charge in [0, 0.05) is 23.2 Å². The minimum Gasteiger partial charge on any atom is -0.507 e. The van der Waals surface area contributed by atoms with Crippen LogP contribution < -0.4 is 5.63 Å². The van der Waals surface area contributed by atoms with Gasteiger partial charge < -0.3 is 9.52 Å². The molecule has 2 aliphatic carbocycles. The molecule has 1 N–H and O–H groups in total. The van der Waals surface area contributed by atoms with Gasteiger partial charge in [-0.1, -0.05) is 53.0 Å². The summed E-state index contributed by atoms with van der Waals surface area (Å²) in [4.78, 5) is 12.9. The molecule has 2 aliphatic rings. The predicted molar refractivity (Wildman–Crippen MR) is 106 cm³/mol. The molecular weight excluding hydrogens is 392 g/mol. The Morgan fingerprint density at radius 2 is 1.92 bits per heavy atom. The molecule has 1 atom stereocenters. The van der Waals surface area contributed by atoms with E-state index in [1.807, 2.05) is 6.07 Å². The molecule has 1 aromatic carbocycles. The number of alkyl halides is 1. The van der Waals surface area contributed by atoms with Crippen LogP contribution in [0, 0.1) is 5.92 Å². The van der Waals surface area contributed by atoms with Crippen molar-refractivity contribution in [3.05, 3.63) is 62.7 Å². The average molecular weight is 417 g/mol. The Morgan fingerprint density at radius 1 is 1.15 bits per heavy atom. The lowest BCUT2D eigenvalue weighted by atomic mass is 9.85. The summed E-state index contributed by atoms with van der Waals surface area (Å²) in [6.45, 7) is 0. The zero-order valence-electron chi connectivity index (χ0n) is 15.0. The molecule has 1 heterocycles. The Hall–Kier alpha value is -1.55. The highest BCUT2D eigenvalue weighted by molar-refractivity contribution is 9.08. The predicted octanol–water partition coefficient (Wildman–Crippen LogP) is 5.44. The lowest BCUT2D eigenvalue weighted by Gasteiger charge is -2.21. The van der Waals surface area contributed by atoms with Crippen molar-refractivity contribution in [3.8, 4) is 5.75 Å². The van der Waals surface area contributed by atoms with Crippen LogP contribution in [-0.4, -0.2) is 5.11 Å². The molecule has 0 saturated heterocycles. The highest BCUT2D eigenvalue weighted by Gasteiger charge is 2.38. The Bertz CT molecular complexity index is 851. The first-order chi connectivity index (χ1) is 12.7. The van der Waals surface area contributed by atoms with Crippen LogP contribution in [0.4, 0.5) is 0 Å². The highest BCUT2D eigenvalue weighted by Crippen LogP contribution is 2.48. The quantitative estimate of drug-likeness (QED) is 0.674. The van der Waals surface area contributed by atoms with Crippen LogP contribution in [-0.2, 0) is 18.2 Å². The van der Waals surface area contributed by atoms with Gasteiger partial charge in [-0.25, -0.2) is 4.79 Å². The molecule has 3 nitrogen and oxygen atoms in total. The molecule has 1 aromatic heterocycles. The second kappa shape index (κ2) is 7.59. The van der Waals surface area contributed by atoms with Gasteiger partial charge in [-0.15, -0.1) is 0 Å². The lowest BCUT2D eigenvalue weighted by molar-refractivity contribution is 0.382. The summed E-state index contributed by atoms with van der Waals surface area (Å²) < 4.78 is 5.76. The number of aromatic hydroxyl groups is 1. The normalized spacial score (nSPS) is 18.7. The van der Waals surface area contributed by atoms with Crippen LogP contribution in [0.25, 0.3) is 0 Å². The third-order valence-electron chi connectivity index (χ3n) is 5.76. The van der Waals surface area contributed by atoms with Crippen LogP contribution in [0.2, 0.25) is 0 Å². The van der Waals surface area contributed by atoms with Gasteiger partial charge in [0.1, 0.15) is 11.5 Å². The first-order valence-corrected chi connectivity index (χ1v) is 10.8. The van der Waals surface area contributed by atoms with Crippen LogP contribution in [0.3, 0.4) is 0 Å². The number of rotatable bonds is 4. The summed E-state index contributed by atoms with van der Waals surface area (Å²) in [6.07, 6.45) is 8.15. The van der Waals surface area contributed by atoms with Gasteiger partial charge in [-0.2, -0.15) is 0 Å². The SMILES string of the molecule is O=c1oc2c(c(O)c1C(c1cccc(CBr)c1)C1CC1)CCCCCC2. The summed E-state index contributed by atoms with van der Waals surface area (Å²) in [5.74, 6) is 1.26. The fraction of sp³-hybridized carbons (Fsp3) is 0.500. The fourth-order valence-corrected chi connectivity index (χ4v) is 4.62. The van der Waals surface area contributed by atoms with Crippen molar-refractivity contribution in [2.75, 3.05) is 0 Å². The van der Waals surface area contributed by atoms with E-state index in [2.05, 4.69) is 34.1 Å². The zero-order valence-corrected chi connectivity index (χ0v) is 16.6. The van der Waals surface area contributed by atoms with Crippen molar-refractivity contribution in [1.82, 2.24) is 0 Å². The maximum absolute atomic E-state index is 12.9. The van der Waals surface area contributed by atoms with Crippen LogP contribution in [0.1, 0.15) is 72.5 Å². The van der Waals surface area contributed by atoms with Crippen molar-refractivity contribution in [2.45, 2.75) is 62.6 Å². The molecule has 0 spiro atoms. The second-order valence-corrected chi connectivity index (χ2v) is 8.22. The van der Waals surface area contributed by atoms with Crippen molar-refractivity contribution >= 4 is 15.9 Å². The van der Waals surface area contributed by atoms with Crippen molar-refractivity contribution < 1.29 is 9.52 Å². The molecule has 1 fully saturated rings. The average Bonchev–Trinajstić information content (AvgIpc) is 3.45. The molecule has 2 aromatic rings. The van der Waals surface area contributed by atoms with Crippen molar-refractivity contribution in [2.24, 2.45) is 5.92 Å². The van der Waals surface area contributed by atoms with Gasteiger partial charge in [0.25, 0.3) is 0 Å². The molecule has 0 radical (unpaired) electrons. The van der Waals surface area contributed by atoms with E-state index in [4.69, 9.17) is 4.42 Å². The van der Waals surface area contributed by atoms with Crippen LogP contribution in [0.5, 0.6) is 5.75 Å². The van der Waals surface area contributed by atoms with Gasteiger partial charge in [0.2, 0.25) is 0 Å². The van der Waals surface area contributed by atoms with Gasteiger partial charge in [0.15, 0.2) is 0 Å². The third-order valence-corrected chi connectivity index (χ3v) is 6.41. The highest BCUT2D eigenvalue weighted by atomic mass is 79.9. The van der Waals surface area contributed by atoms with E-state index < -0.39 is 0 Å². The summed E-state index contributed by atoms with van der Waals surface area (Å²) in [5.41, 5.74) is 3.31. The van der Waals surface area contributed by atoms with E-state index in [-0.39, 0.29) is 17.3 Å². The minimum atomic E-state index is -0.344. The van der Waals surface area contributed by atoms with E-state index in [0.717, 1.165) is 61.4 Å². The first kappa shape index (κ1) is 17.8. The van der Waals surface area contributed by atoms with Gasteiger partial charge in [-0.3, -0.25) is 0 Å². The molecule has 4 rings (SSSR count). The first-order valence-electron chi connectivity index (χ1n) is 9.71. The Balaban J connectivity index is 1.83. The standard InChI is InChI=1S/C22H25BrO3/c23-13-14-6-5-7-16(12-14)19(15-10-11-15)20-21(24)17-8-3-1-2-4-9-18(17)26-22(20)25/h5-7,12,15,19,24H,1-4,8-11,13H2. The van der Waals surface area contributed by atoms with Gasteiger partial charge in [0.05, 0.1) is 5.56 Å². The molecule has 0 bridgehead atoms. The van der Waals surface area contributed by atoms with Crippen molar-refractivity contribution in [1.29, 1.82) is 0 Å². The smallest absolute Gasteiger partial charge is 0.343 e. The Labute approximate surface area is 162 Å². The molecule has 1 unspecified atom stereocenters. The summed E-state index contributed by atoms with van der Waals surface area (Å²) in [5, 5.41) is 11.9. The second-order valence-electron chi connectivity index (χ2n) is 7.66. The summed E-state index contributed by atoms with van der Waals surface area (Å²) in [7, 11) is 0. The number of hydrogen-bond donors (Lipinski definition) is 1. The number of hydrogen-bond acceptors (Lipinski definition) is 3. The van der Waals surface area contributed by atoms with E-state index >= 15 is 0 Å². The van der Waals surface area contributed by atoms with Gasteiger partial charge >= 0.3 is 5.63 Å². The maximum Gasteiger partial charge on any atom is 0.343 e. The fourth-order valence-electron chi connectivity index (χ4n) is 4.27. The van der Waals surface area contributed by atoms with E-state index in [0.29, 0.717) is 17.2 Å². The zero-order chi connectivity index (χ0) is 18.1. The number of benzene rings is 1. The topological polar surface area (TPSA) is 50.4 Å². The van der Waals surface area contributed by atoms with Crippen LogP contribution in [0.15, 0.2) is 33.5 Å². The number of halogens is 1. The largest absolute Gasteiger partial charge is 0.507 e. The molecule has 0 amide bonds. The van der Waals surface area contributed by atoms with E-state index in [1.165, 1.54) is 12.0 Å². The third kappa shape index (κ3) is 3.48. The van der Waals surface area contributed by atoms with Gasteiger partial charge in [-0.05, 0) is 49.1 Å². The van der Waals surface area contributed by atoms with E-state index in [1.54, 1.807) is 0 Å². The molecular formula is C22H25BrO3. The molecule has 4 heteroatoms. The molecule has 1 saturated carbocycles. The molecule has 26 heavy (non-hydrogen) atoms. The monoisotopic (exact) mass is 416 g/mol. The number of aryl methyl sites for hydroxylation is 1. The van der Waals surface area contributed by atoms with Crippen molar-refractivity contribution in [3.63, 3.8) is 0 Å². The van der Waals surface area contributed by atoms with E-state index in [9.17, 15) is 9.90 Å². The molecule has 0 aliphatic heterocycles. The maximum atomic E-state index is 12.9. The molecule has 138 valence electrons. The summed E-state index contributed by atoms with van der Waals surface area (Å²) >= 11 is 3.51. The Kier molecular flexibility index (Phi) is 5.21. The lowest BCUT2D eigenvalue weighted by Crippen LogP contribution is -2.19.